The van der Waals surface area contributed by atoms with Gasteiger partial charge in [0.1, 0.15) is 17.4 Å². The molecule has 0 bridgehead atoms. The summed E-state index contributed by atoms with van der Waals surface area (Å²) in [5.41, 5.74) is -0.174. The first kappa shape index (κ1) is 36.3. The molecule has 0 unspecified atom stereocenters. The molecule has 49 heavy (non-hydrogen) atoms. The Hall–Kier alpha value is -4.03. The molecule has 0 saturated carbocycles. The maximum absolute atomic E-state index is 16.4. The third-order valence-electron chi connectivity index (χ3n) is 8.95. The molecule has 1 fully saturated rings. The van der Waals surface area contributed by atoms with E-state index in [4.69, 9.17) is 27.9 Å². The maximum atomic E-state index is 16.4. The zero-order chi connectivity index (χ0) is 35.7. The van der Waals surface area contributed by atoms with Gasteiger partial charge in [-0.05, 0) is 59.4 Å². The number of nitrogens with one attached hydrogen (secondary N) is 3. The van der Waals surface area contributed by atoms with E-state index in [0.717, 1.165) is 5.56 Å². The van der Waals surface area contributed by atoms with Crippen LogP contribution < -0.4 is 20.7 Å². The number of carbonyl (C=O) groups excluding carboxylic acids is 1. The van der Waals surface area contributed by atoms with E-state index in [-0.39, 0.29) is 50.1 Å². The molecule has 5 rings (SSSR count). The van der Waals surface area contributed by atoms with Gasteiger partial charge in [0, 0.05) is 54.3 Å². The number of carboxylic acids is 1. The summed E-state index contributed by atoms with van der Waals surface area (Å²) in [6.07, 6.45) is 4.04. The fourth-order valence-corrected chi connectivity index (χ4v) is 7.28. The highest BCUT2D eigenvalue weighted by Crippen LogP contribution is 2.53. The van der Waals surface area contributed by atoms with Crippen molar-refractivity contribution in [3.8, 4) is 5.75 Å². The van der Waals surface area contributed by atoms with Crippen LogP contribution in [-0.4, -0.2) is 52.5 Å². The molecule has 4 N–H and O–H groups in total. The summed E-state index contributed by atoms with van der Waals surface area (Å²) in [6.45, 7) is 6.60. The number of halogens is 4. The van der Waals surface area contributed by atoms with Gasteiger partial charge in [0.15, 0.2) is 0 Å². The summed E-state index contributed by atoms with van der Waals surface area (Å²) in [4.78, 5) is 26.1. The molecule has 4 aromatic rings. The van der Waals surface area contributed by atoms with Gasteiger partial charge >= 0.3 is 5.97 Å². The number of hydrogen-bond acceptors (Lipinski definition) is 6. The Bertz CT molecular complexity index is 1860. The molecule has 0 radical (unpaired) electrons. The molecule has 260 valence electrons. The number of rotatable bonds is 11. The van der Waals surface area contributed by atoms with E-state index in [1.807, 2.05) is 27.0 Å². The lowest BCUT2D eigenvalue weighted by atomic mass is 9.61. The first-order valence-electron chi connectivity index (χ1n) is 15.7. The van der Waals surface area contributed by atoms with Gasteiger partial charge in [0.2, 0.25) is 5.91 Å². The number of nitrogens with zero attached hydrogens (tertiary/aromatic N) is 2. The minimum Gasteiger partial charge on any atom is -0.495 e. The van der Waals surface area contributed by atoms with Crippen LogP contribution in [0.15, 0.2) is 67.0 Å². The number of carbonyl (C=O) groups is 2. The van der Waals surface area contributed by atoms with Crippen LogP contribution in [0, 0.1) is 17.0 Å². The first-order valence-corrected chi connectivity index (χ1v) is 16.5. The molecule has 4 atom stereocenters. The van der Waals surface area contributed by atoms with Gasteiger partial charge in [-0.3, -0.25) is 9.48 Å². The van der Waals surface area contributed by atoms with Gasteiger partial charge in [0.05, 0.1) is 35.6 Å². The van der Waals surface area contributed by atoms with Crippen LogP contribution in [-0.2, 0) is 23.8 Å². The lowest BCUT2D eigenvalue weighted by Gasteiger charge is -2.43. The molecule has 1 aliphatic rings. The molecule has 0 spiro atoms. The predicted molar refractivity (Wildman–Crippen MR) is 186 cm³/mol. The van der Waals surface area contributed by atoms with Crippen LogP contribution in [0.4, 0.5) is 14.5 Å². The fraction of sp³-hybridized carbons (Fsp3) is 0.361. The Morgan fingerprint density at radius 1 is 1.12 bits per heavy atom. The molecule has 3 aromatic carbocycles. The summed E-state index contributed by atoms with van der Waals surface area (Å²) >= 11 is 12.6. The van der Waals surface area contributed by atoms with E-state index in [1.165, 1.54) is 37.4 Å². The van der Waals surface area contributed by atoms with Gasteiger partial charge in [-0.15, -0.1) is 0 Å². The number of hydrogen-bond donors (Lipinski definition) is 4. The van der Waals surface area contributed by atoms with E-state index in [0.29, 0.717) is 13.0 Å². The highest BCUT2D eigenvalue weighted by Gasteiger charge is 2.60. The van der Waals surface area contributed by atoms with Crippen molar-refractivity contribution in [3.05, 3.63) is 111 Å². The molecule has 2 heterocycles. The number of anilines is 1. The predicted octanol–water partition coefficient (Wildman–Crippen LogP) is 6.94. The Morgan fingerprint density at radius 2 is 1.88 bits per heavy atom. The number of benzene rings is 3. The van der Waals surface area contributed by atoms with E-state index in [9.17, 15) is 14.7 Å². The van der Waals surface area contributed by atoms with E-state index in [2.05, 4.69) is 21.0 Å². The van der Waals surface area contributed by atoms with Gasteiger partial charge in [-0.1, -0.05) is 62.2 Å². The zero-order valence-corrected chi connectivity index (χ0v) is 29.3. The summed E-state index contributed by atoms with van der Waals surface area (Å²) in [5, 5.41) is 23.6. The van der Waals surface area contributed by atoms with E-state index < -0.39 is 46.9 Å². The molecule has 0 aliphatic carbocycles. The molecule has 1 aromatic heterocycles. The average Bonchev–Trinajstić information content (AvgIpc) is 3.58. The summed E-state index contributed by atoms with van der Waals surface area (Å²) in [6, 6.07) is 11.4. The van der Waals surface area contributed by atoms with Crippen LogP contribution in [0.1, 0.15) is 60.2 Å². The third kappa shape index (κ3) is 7.60. The number of aromatic carboxylic acids is 1. The van der Waals surface area contributed by atoms with E-state index in [1.54, 1.807) is 42.2 Å². The number of carboxylic acid groups (broad SMARTS) is 1. The Balaban J connectivity index is 1.72. The molecule has 1 amide bonds. The highest BCUT2D eigenvalue weighted by molar-refractivity contribution is 6.31. The van der Waals surface area contributed by atoms with Crippen molar-refractivity contribution >= 4 is 40.8 Å². The maximum Gasteiger partial charge on any atom is 0.335 e. The van der Waals surface area contributed by atoms with Crippen molar-refractivity contribution in [3.63, 3.8) is 0 Å². The quantitative estimate of drug-likeness (QED) is 0.133. The number of amides is 1. The highest BCUT2D eigenvalue weighted by atomic mass is 35.5. The second-order valence-corrected chi connectivity index (χ2v) is 14.4. The molecular weight excluding hydrogens is 675 g/mol. The summed E-state index contributed by atoms with van der Waals surface area (Å²) in [5.74, 6) is -3.94. The minimum absolute atomic E-state index is 0.0325. The van der Waals surface area contributed by atoms with Crippen LogP contribution in [0.5, 0.6) is 5.75 Å². The van der Waals surface area contributed by atoms with Gasteiger partial charge < -0.3 is 25.8 Å². The van der Waals surface area contributed by atoms with Crippen LogP contribution in [0.3, 0.4) is 0 Å². The van der Waals surface area contributed by atoms with Gasteiger partial charge in [-0.25, -0.2) is 13.6 Å². The molecule has 1 saturated heterocycles. The largest absolute Gasteiger partial charge is 0.495 e. The van der Waals surface area contributed by atoms with Crippen LogP contribution in [0.2, 0.25) is 10.0 Å². The third-order valence-corrected chi connectivity index (χ3v) is 9.48. The van der Waals surface area contributed by atoms with Gasteiger partial charge in [0.25, 0.3) is 0 Å². The SMILES string of the molecule is COc1cc(C(=O)O)ccc1NC(=O)[C@@H]1N[C@@H](CC(C)(C)C)[C@](CNCc2cnn(C)c2)(c2ccc(Cl)cc2F)[C@H]1c1cccc(Cl)c1F. The number of ether oxygens (including phenoxy) is 1. The molecule has 1 aliphatic heterocycles. The fourth-order valence-electron chi connectivity index (χ4n) is 6.94. The summed E-state index contributed by atoms with van der Waals surface area (Å²) < 4.78 is 39.8. The normalized spacial score (nSPS) is 20.7. The van der Waals surface area contributed by atoms with Crippen molar-refractivity contribution in [2.75, 3.05) is 19.0 Å². The van der Waals surface area contributed by atoms with Gasteiger partial charge in [-0.2, -0.15) is 5.10 Å². The average molecular weight is 715 g/mol. The van der Waals surface area contributed by atoms with Crippen molar-refractivity contribution < 1.29 is 28.2 Å². The molecular formula is C36H39Cl2F2N5O4. The number of aromatic nitrogens is 2. The van der Waals surface area contributed by atoms with Crippen molar-refractivity contribution in [1.29, 1.82) is 0 Å². The monoisotopic (exact) mass is 713 g/mol. The Labute approximate surface area is 293 Å². The van der Waals surface area contributed by atoms with Crippen LogP contribution in [0.25, 0.3) is 0 Å². The first-order chi connectivity index (χ1) is 23.1. The lowest BCUT2D eigenvalue weighted by molar-refractivity contribution is -0.118. The number of methoxy groups -OCH3 is 1. The molecule has 9 nitrogen and oxygen atoms in total. The van der Waals surface area contributed by atoms with Crippen molar-refractivity contribution in [2.45, 2.75) is 57.2 Å². The smallest absolute Gasteiger partial charge is 0.335 e. The van der Waals surface area contributed by atoms with E-state index >= 15 is 8.78 Å². The second kappa shape index (κ2) is 14.4. The topological polar surface area (TPSA) is 118 Å². The lowest BCUT2D eigenvalue weighted by Crippen LogP contribution is -2.51. The zero-order valence-electron chi connectivity index (χ0n) is 27.8. The Morgan fingerprint density at radius 3 is 2.51 bits per heavy atom. The van der Waals surface area contributed by atoms with Crippen LogP contribution >= 0.6 is 23.2 Å². The van der Waals surface area contributed by atoms with Crippen molar-refractivity contribution in [2.24, 2.45) is 12.5 Å². The Kier molecular flexibility index (Phi) is 10.7. The summed E-state index contributed by atoms with van der Waals surface area (Å²) in [7, 11) is 3.16. The standard InChI is InChI=1S/C36H39Cl2F2N5O4/c1-35(2,3)15-29-36(24-11-10-22(37)14-26(24)39,19-41-16-20-17-42-45(4)18-20)30(23-7-6-8-25(38)31(23)40)32(44-29)33(46)43-27-12-9-21(34(47)48)13-28(27)49-5/h6-14,17-18,29-30,32,41,44H,15-16,19H2,1-5H3,(H,43,46)(H,47,48)/t29-,30-,32+,36-/m0/s1. The molecule has 13 heteroatoms. The van der Waals surface area contributed by atoms with Crippen molar-refractivity contribution in [1.82, 2.24) is 20.4 Å². The number of aryl methyl sites for hydroxylation is 1. The second-order valence-electron chi connectivity index (χ2n) is 13.6. The minimum atomic E-state index is -1.28.